The van der Waals surface area contributed by atoms with Gasteiger partial charge >= 0.3 is 0 Å². The first-order chi connectivity index (χ1) is 7.74. The van der Waals surface area contributed by atoms with Crippen molar-refractivity contribution in [3.8, 4) is 0 Å². The minimum absolute atomic E-state index is 0.279. The highest BCUT2D eigenvalue weighted by molar-refractivity contribution is 5.23. The number of hydrazine groups is 1. The van der Waals surface area contributed by atoms with Gasteiger partial charge in [-0.05, 0) is 24.8 Å². The van der Waals surface area contributed by atoms with Crippen LogP contribution >= 0.6 is 0 Å². The van der Waals surface area contributed by atoms with E-state index in [1.54, 1.807) is 6.07 Å². The van der Waals surface area contributed by atoms with Gasteiger partial charge in [0.2, 0.25) is 0 Å². The van der Waals surface area contributed by atoms with Crippen LogP contribution in [0.2, 0.25) is 0 Å². The van der Waals surface area contributed by atoms with Gasteiger partial charge in [-0.15, -0.1) is 0 Å². The lowest BCUT2D eigenvalue weighted by Gasteiger charge is -2.23. The lowest BCUT2D eigenvalue weighted by Crippen LogP contribution is -2.33. The van der Waals surface area contributed by atoms with Crippen LogP contribution in [0.25, 0.3) is 0 Å². The van der Waals surface area contributed by atoms with Crippen molar-refractivity contribution < 1.29 is 8.78 Å². The Bertz CT molecular complexity index is 362. The van der Waals surface area contributed by atoms with Gasteiger partial charge < -0.3 is 0 Å². The van der Waals surface area contributed by atoms with Gasteiger partial charge in [-0.2, -0.15) is 0 Å². The second-order valence-electron chi connectivity index (χ2n) is 4.33. The normalized spacial score (nSPS) is 18.9. The third-order valence-electron chi connectivity index (χ3n) is 3.37. The number of hydrogen-bond acceptors (Lipinski definition) is 2. The molecule has 1 aliphatic rings. The van der Waals surface area contributed by atoms with Crippen molar-refractivity contribution in [1.82, 2.24) is 5.43 Å². The first-order valence-electron chi connectivity index (χ1n) is 5.64. The zero-order chi connectivity index (χ0) is 11.5. The van der Waals surface area contributed by atoms with Crippen LogP contribution in [0, 0.1) is 17.6 Å². The van der Waals surface area contributed by atoms with Crippen LogP contribution in [-0.4, -0.2) is 0 Å². The van der Waals surface area contributed by atoms with Crippen LogP contribution < -0.4 is 11.3 Å². The van der Waals surface area contributed by atoms with Gasteiger partial charge in [-0.3, -0.25) is 11.3 Å². The number of hydrogen-bond donors (Lipinski definition) is 2. The summed E-state index contributed by atoms with van der Waals surface area (Å²) in [6.07, 6.45) is 4.31. The molecule has 2 nitrogen and oxygen atoms in total. The summed E-state index contributed by atoms with van der Waals surface area (Å²) < 4.78 is 26.7. The van der Waals surface area contributed by atoms with E-state index in [-0.39, 0.29) is 6.04 Å². The topological polar surface area (TPSA) is 38.0 Å². The molecule has 1 aromatic carbocycles. The standard InChI is InChI=1S/C12H16F2N2/c13-10-7-3-6-9(11(10)14)12(16-15)8-4-1-2-5-8/h3,6-8,12,16H,1-2,4-5,15H2. The summed E-state index contributed by atoms with van der Waals surface area (Å²) in [6, 6.07) is 3.97. The van der Waals surface area contributed by atoms with E-state index in [1.165, 1.54) is 6.07 Å². The third-order valence-corrected chi connectivity index (χ3v) is 3.37. The Morgan fingerprint density at radius 3 is 2.56 bits per heavy atom. The lowest BCUT2D eigenvalue weighted by molar-refractivity contribution is 0.356. The highest BCUT2D eigenvalue weighted by Crippen LogP contribution is 2.36. The SMILES string of the molecule is NNC(c1cccc(F)c1F)C1CCCC1. The molecular formula is C12H16F2N2. The number of halogens is 2. The molecule has 1 atom stereocenters. The van der Waals surface area contributed by atoms with Crippen LogP contribution in [0.5, 0.6) is 0 Å². The van der Waals surface area contributed by atoms with Crippen molar-refractivity contribution >= 4 is 0 Å². The Hall–Kier alpha value is -1.00. The molecule has 0 bridgehead atoms. The predicted octanol–water partition coefficient (Wildman–Crippen LogP) is 2.66. The van der Waals surface area contributed by atoms with Crippen LogP contribution in [0.1, 0.15) is 37.3 Å². The van der Waals surface area contributed by atoms with E-state index in [0.29, 0.717) is 11.5 Å². The summed E-state index contributed by atoms with van der Waals surface area (Å²) in [4.78, 5) is 0. The summed E-state index contributed by atoms with van der Waals surface area (Å²) in [5.41, 5.74) is 2.96. The van der Waals surface area contributed by atoms with E-state index in [4.69, 9.17) is 5.84 Å². The Morgan fingerprint density at radius 1 is 1.25 bits per heavy atom. The Labute approximate surface area is 93.8 Å². The Balaban J connectivity index is 2.28. The molecule has 0 radical (unpaired) electrons. The third kappa shape index (κ3) is 2.08. The quantitative estimate of drug-likeness (QED) is 0.614. The fraction of sp³-hybridized carbons (Fsp3) is 0.500. The van der Waals surface area contributed by atoms with Crippen molar-refractivity contribution in [2.75, 3.05) is 0 Å². The van der Waals surface area contributed by atoms with E-state index < -0.39 is 11.6 Å². The molecule has 0 saturated heterocycles. The number of benzene rings is 1. The maximum atomic E-state index is 13.6. The van der Waals surface area contributed by atoms with E-state index >= 15 is 0 Å². The molecule has 4 heteroatoms. The van der Waals surface area contributed by atoms with E-state index in [9.17, 15) is 8.78 Å². The molecule has 0 amide bonds. The van der Waals surface area contributed by atoms with Gasteiger partial charge in [0.1, 0.15) is 0 Å². The first-order valence-corrected chi connectivity index (χ1v) is 5.64. The molecule has 1 aliphatic carbocycles. The van der Waals surface area contributed by atoms with Crippen molar-refractivity contribution in [3.63, 3.8) is 0 Å². The zero-order valence-corrected chi connectivity index (χ0v) is 9.05. The van der Waals surface area contributed by atoms with Gasteiger partial charge in [-0.1, -0.05) is 25.0 Å². The minimum atomic E-state index is -0.809. The average Bonchev–Trinajstić information content (AvgIpc) is 2.79. The predicted molar refractivity (Wildman–Crippen MR) is 58.4 cm³/mol. The summed E-state index contributed by atoms with van der Waals surface area (Å²) in [7, 11) is 0. The zero-order valence-electron chi connectivity index (χ0n) is 9.05. The van der Waals surface area contributed by atoms with Gasteiger partial charge in [0, 0.05) is 5.56 Å². The summed E-state index contributed by atoms with van der Waals surface area (Å²) in [5, 5.41) is 0. The molecule has 0 spiro atoms. The number of nitrogens with one attached hydrogen (secondary N) is 1. The maximum absolute atomic E-state index is 13.6. The lowest BCUT2D eigenvalue weighted by atomic mass is 9.92. The smallest absolute Gasteiger partial charge is 0.163 e. The van der Waals surface area contributed by atoms with Crippen molar-refractivity contribution in [2.24, 2.45) is 11.8 Å². The number of rotatable bonds is 3. The summed E-state index contributed by atoms with van der Waals surface area (Å²) in [5.74, 6) is 4.18. The van der Waals surface area contributed by atoms with Crippen LogP contribution in [0.4, 0.5) is 8.78 Å². The molecule has 16 heavy (non-hydrogen) atoms. The van der Waals surface area contributed by atoms with E-state index in [0.717, 1.165) is 31.7 Å². The Morgan fingerprint density at radius 2 is 1.94 bits per heavy atom. The number of nitrogens with two attached hydrogens (primary N) is 1. The maximum Gasteiger partial charge on any atom is 0.163 e. The molecule has 0 heterocycles. The monoisotopic (exact) mass is 226 g/mol. The second-order valence-corrected chi connectivity index (χ2v) is 4.33. The van der Waals surface area contributed by atoms with E-state index in [2.05, 4.69) is 5.43 Å². The van der Waals surface area contributed by atoms with Crippen LogP contribution in [-0.2, 0) is 0 Å². The van der Waals surface area contributed by atoms with Gasteiger partial charge in [-0.25, -0.2) is 8.78 Å². The highest BCUT2D eigenvalue weighted by atomic mass is 19.2. The van der Waals surface area contributed by atoms with Gasteiger partial charge in [0.15, 0.2) is 11.6 Å². The molecule has 1 saturated carbocycles. The molecule has 1 fully saturated rings. The van der Waals surface area contributed by atoms with Gasteiger partial charge in [0.05, 0.1) is 6.04 Å². The molecular weight excluding hydrogens is 210 g/mol. The summed E-state index contributed by atoms with van der Waals surface area (Å²) in [6.45, 7) is 0. The van der Waals surface area contributed by atoms with Crippen molar-refractivity contribution in [2.45, 2.75) is 31.7 Å². The van der Waals surface area contributed by atoms with Crippen LogP contribution in [0.3, 0.4) is 0 Å². The highest BCUT2D eigenvalue weighted by Gasteiger charge is 2.28. The molecule has 0 aliphatic heterocycles. The molecule has 88 valence electrons. The molecule has 0 aromatic heterocycles. The van der Waals surface area contributed by atoms with Crippen LogP contribution in [0.15, 0.2) is 18.2 Å². The van der Waals surface area contributed by atoms with Crippen molar-refractivity contribution in [3.05, 3.63) is 35.4 Å². The fourth-order valence-corrected chi connectivity index (χ4v) is 2.53. The van der Waals surface area contributed by atoms with Crippen molar-refractivity contribution in [1.29, 1.82) is 0 Å². The first kappa shape index (κ1) is 11.5. The molecule has 3 N–H and O–H groups in total. The van der Waals surface area contributed by atoms with E-state index in [1.807, 2.05) is 0 Å². The Kier molecular flexibility index (Phi) is 3.51. The molecule has 1 unspecified atom stereocenters. The molecule has 2 rings (SSSR count). The summed E-state index contributed by atoms with van der Waals surface area (Å²) >= 11 is 0. The minimum Gasteiger partial charge on any atom is -0.271 e. The van der Waals surface area contributed by atoms with Gasteiger partial charge in [0.25, 0.3) is 0 Å². The fourth-order valence-electron chi connectivity index (χ4n) is 2.53. The second kappa shape index (κ2) is 4.89. The molecule has 1 aromatic rings. The largest absolute Gasteiger partial charge is 0.271 e. The average molecular weight is 226 g/mol.